The van der Waals surface area contributed by atoms with Crippen LogP contribution in [-0.4, -0.2) is 10.1 Å². The summed E-state index contributed by atoms with van der Waals surface area (Å²) < 4.78 is 16.3. The Kier molecular flexibility index (Phi) is 4.35. The first-order valence-corrected chi connectivity index (χ1v) is 8.16. The van der Waals surface area contributed by atoms with Crippen molar-refractivity contribution in [1.82, 2.24) is 10.1 Å². The summed E-state index contributed by atoms with van der Waals surface area (Å²) in [5, 5.41) is 4.00. The van der Waals surface area contributed by atoms with Crippen LogP contribution in [0.2, 0.25) is 0 Å². The van der Waals surface area contributed by atoms with Crippen LogP contribution in [-0.2, 0) is 0 Å². The van der Waals surface area contributed by atoms with Gasteiger partial charge in [-0.3, -0.25) is 0 Å². The maximum Gasteiger partial charge on any atom is 0.251 e. The van der Waals surface area contributed by atoms with Gasteiger partial charge in [0, 0.05) is 11.6 Å². The number of nitrogens with zero attached hydrogens (tertiary/aromatic N) is 2. The number of aromatic nitrogens is 2. The summed E-state index contributed by atoms with van der Waals surface area (Å²) in [6.07, 6.45) is 5.10. The SMILES string of the molecule is Cc1cccc(Oc2ccc(-c3noc(C=Cc4ccco4)n3)cc2)c1. The molecule has 0 saturated carbocycles. The Labute approximate surface area is 150 Å². The molecule has 128 valence electrons. The Bertz CT molecular complexity index is 1020. The number of benzene rings is 2. The van der Waals surface area contributed by atoms with Crippen molar-refractivity contribution in [2.75, 3.05) is 0 Å². The molecule has 4 aromatic rings. The fourth-order valence-corrected chi connectivity index (χ4v) is 2.45. The maximum absolute atomic E-state index is 5.85. The molecule has 0 aliphatic carbocycles. The van der Waals surface area contributed by atoms with Crippen LogP contribution in [0, 0.1) is 6.92 Å². The molecular weight excluding hydrogens is 328 g/mol. The third-order valence-electron chi connectivity index (χ3n) is 3.71. The largest absolute Gasteiger partial charge is 0.465 e. The molecule has 0 spiro atoms. The van der Waals surface area contributed by atoms with Crippen molar-refractivity contribution >= 4 is 12.2 Å². The lowest BCUT2D eigenvalue weighted by molar-refractivity contribution is 0.411. The highest BCUT2D eigenvalue weighted by Gasteiger charge is 2.07. The van der Waals surface area contributed by atoms with Crippen molar-refractivity contribution in [3.05, 3.63) is 84.1 Å². The van der Waals surface area contributed by atoms with Crippen molar-refractivity contribution in [3.63, 3.8) is 0 Å². The van der Waals surface area contributed by atoms with Gasteiger partial charge in [0.05, 0.1) is 6.26 Å². The minimum Gasteiger partial charge on any atom is -0.465 e. The van der Waals surface area contributed by atoms with E-state index in [1.165, 1.54) is 0 Å². The van der Waals surface area contributed by atoms with Crippen LogP contribution in [0.3, 0.4) is 0 Å². The van der Waals surface area contributed by atoms with Gasteiger partial charge < -0.3 is 13.7 Å². The summed E-state index contributed by atoms with van der Waals surface area (Å²) in [4.78, 5) is 4.36. The first kappa shape index (κ1) is 15.9. The molecule has 0 fully saturated rings. The molecule has 0 radical (unpaired) electrons. The van der Waals surface area contributed by atoms with Gasteiger partial charge in [0.15, 0.2) is 0 Å². The molecule has 0 unspecified atom stereocenters. The van der Waals surface area contributed by atoms with Crippen molar-refractivity contribution in [2.24, 2.45) is 0 Å². The van der Waals surface area contributed by atoms with Crippen molar-refractivity contribution in [2.45, 2.75) is 6.92 Å². The van der Waals surface area contributed by atoms with Crippen LogP contribution in [0.1, 0.15) is 17.2 Å². The lowest BCUT2D eigenvalue weighted by Gasteiger charge is -2.06. The smallest absolute Gasteiger partial charge is 0.251 e. The Hall–Kier alpha value is -3.60. The summed E-state index contributed by atoms with van der Waals surface area (Å²) in [7, 11) is 0. The summed E-state index contributed by atoms with van der Waals surface area (Å²) in [6, 6.07) is 19.1. The van der Waals surface area contributed by atoms with Gasteiger partial charge in [-0.05, 0) is 67.1 Å². The van der Waals surface area contributed by atoms with E-state index in [2.05, 4.69) is 10.1 Å². The fraction of sp³-hybridized carbons (Fsp3) is 0.0476. The molecule has 2 aromatic carbocycles. The molecule has 5 nitrogen and oxygen atoms in total. The number of hydrogen-bond donors (Lipinski definition) is 0. The van der Waals surface area contributed by atoms with Crippen LogP contribution in [0.4, 0.5) is 0 Å². The van der Waals surface area contributed by atoms with E-state index in [0.29, 0.717) is 11.7 Å². The van der Waals surface area contributed by atoms with Gasteiger partial charge in [-0.2, -0.15) is 4.98 Å². The minimum atomic E-state index is 0.413. The summed E-state index contributed by atoms with van der Waals surface area (Å²) in [5.74, 6) is 3.22. The van der Waals surface area contributed by atoms with E-state index >= 15 is 0 Å². The second-order valence-electron chi connectivity index (χ2n) is 5.75. The first-order chi connectivity index (χ1) is 12.8. The second kappa shape index (κ2) is 7.11. The average molecular weight is 344 g/mol. The third kappa shape index (κ3) is 3.72. The molecule has 0 bridgehead atoms. The zero-order chi connectivity index (χ0) is 17.8. The second-order valence-corrected chi connectivity index (χ2v) is 5.75. The monoisotopic (exact) mass is 344 g/mol. The number of furan rings is 1. The molecule has 0 N–H and O–H groups in total. The Morgan fingerprint density at radius 3 is 2.58 bits per heavy atom. The molecule has 0 atom stereocenters. The van der Waals surface area contributed by atoms with Crippen LogP contribution in [0.5, 0.6) is 11.5 Å². The van der Waals surface area contributed by atoms with Gasteiger partial charge in [0.2, 0.25) is 5.82 Å². The van der Waals surface area contributed by atoms with Crippen molar-refractivity contribution < 1.29 is 13.7 Å². The maximum atomic E-state index is 5.85. The van der Waals surface area contributed by atoms with E-state index in [1.54, 1.807) is 18.4 Å². The highest BCUT2D eigenvalue weighted by atomic mass is 16.5. The molecule has 0 aliphatic rings. The van der Waals surface area contributed by atoms with Crippen LogP contribution in [0.15, 0.2) is 75.9 Å². The number of aryl methyl sites for hydroxylation is 1. The summed E-state index contributed by atoms with van der Waals surface area (Å²) >= 11 is 0. The molecule has 5 heteroatoms. The fourth-order valence-electron chi connectivity index (χ4n) is 2.45. The predicted molar refractivity (Wildman–Crippen MR) is 98.6 cm³/mol. The molecule has 0 amide bonds. The third-order valence-corrected chi connectivity index (χ3v) is 3.71. The highest BCUT2D eigenvalue weighted by Crippen LogP contribution is 2.25. The first-order valence-electron chi connectivity index (χ1n) is 8.16. The van der Waals surface area contributed by atoms with Gasteiger partial charge in [0.25, 0.3) is 5.89 Å². The lowest BCUT2D eigenvalue weighted by Crippen LogP contribution is -1.86. The molecule has 26 heavy (non-hydrogen) atoms. The average Bonchev–Trinajstić information content (AvgIpc) is 3.33. The lowest BCUT2D eigenvalue weighted by atomic mass is 10.2. The molecule has 0 aliphatic heterocycles. The number of rotatable bonds is 5. The van der Waals surface area contributed by atoms with Gasteiger partial charge in [0.1, 0.15) is 17.3 Å². The van der Waals surface area contributed by atoms with E-state index in [4.69, 9.17) is 13.7 Å². The molecule has 2 aromatic heterocycles. The summed E-state index contributed by atoms with van der Waals surface area (Å²) in [6.45, 7) is 2.03. The quantitative estimate of drug-likeness (QED) is 0.471. The van der Waals surface area contributed by atoms with E-state index in [-0.39, 0.29) is 0 Å². The Morgan fingerprint density at radius 2 is 1.81 bits per heavy atom. The van der Waals surface area contributed by atoms with Crippen molar-refractivity contribution in [3.8, 4) is 22.9 Å². The van der Waals surface area contributed by atoms with E-state index < -0.39 is 0 Å². The Balaban J connectivity index is 1.47. The molecule has 0 saturated heterocycles. The molecule has 2 heterocycles. The van der Waals surface area contributed by atoms with E-state index in [9.17, 15) is 0 Å². The zero-order valence-corrected chi connectivity index (χ0v) is 14.1. The van der Waals surface area contributed by atoms with E-state index in [1.807, 2.05) is 67.6 Å². The van der Waals surface area contributed by atoms with Crippen LogP contribution < -0.4 is 4.74 Å². The number of ether oxygens (including phenoxy) is 1. The van der Waals surface area contributed by atoms with Gasteiger partial charge >= 0.3 is 0 Å². The predicted octanol–water partition coefficient (Wildman–Crippen LogP) is 5.60. The highest BCUT2D eigenvalue weighted by molar-refractivity contribution is 5.64. The molecule has 4 rings (SSSR count). The van der Waals surface area contributed by atoms with E-state index in [0.717, 1.165) is 28.4 Å². The Morgan fingerprint density at radius 1 is 0.923 bits per heavy atom. The number of hydrogen-bond acceptors (Lipinski definition) is 5. The zero-order valence-electron chi connectivity index (χ0n) is 14.1. The van der Waals surface area contributed by atoms with Gasteiger partial charge in [-0.1, -0.05) is 17.3 Å². The minimum absolute atomic E-state index is 0.413. The van der Waals surface area contributed by atoms with Crippen LogP contribution >= 0.6 is 0 Å². The van der Waals surface area contributed by atoms with Crippen molar-refractivity contribution in [1.29, 1.82) is 0 Å². The standard InChI is InChI=1S/C21H16N2O3/c1-15-4-2-5-19(14-15)25-18-9-7-16(8-10-18)21-22-20(26-23-21)12-11-17-6-3-13-24-17/h2-14H,1H3. The van der Waals surface area contributed by atoms with Crippen LogP contribution in [0.25, 0.3) is 23.5 Å². The normalized spacial score (nSPS) is 11.1. The topological polar surface area (TPSA) is 61.3 Å². The van der Waals surface area contributed by atoms with Gasteiger partial charge in [-0.25, -0.2) is 0 Å². The molecular formula is C21H16N2O3. The summed E-state index contributed by atoms with van der Waals surface area (Å²) in [5.41, 5.74) is 2.00. The van der Waals surface area contributed by atoms with Gasteiger partial charge in [-0.15, -0.1) is 0 Å².